The Morgan fingerprint density at radius 2 is 2.18 bits per heavy atom. The molecule has 22 heavy (non-hydrogen) atoms. The number of fused-ring (bicyclic) bond motifs is 1. The summed E-state index contributed by atoms with van der Waals surface area (Å²) < 4.78 is 1.75. The fourth-order valence-electron chi connectivity index (χ4n) is 3.37. The number of nitrogens with one attached hydrogen (secondary N) is 2. The molecule has 1 saturated carbocycles. The van der Waals surface area contributed by atoms with E-state index in [9.17, 15) is 0 Å². The van der Waals surface area contributed by atoms with E-state index in [0.717, 1.165) is 24.6 Å². The highest BCUT2D eigenvalue weighted by Crippen LogP contribution is 2.35. The summed E-state index contributed by atoms with van der Waals surface area (Å²) in [5, 5.41) is 11.4. The van der Waals surface area contributed by atoms with Gasteiger partial charge in [0.1, 0.15) is 12.1 Å². The molecule has 0 amide bonds. The monoisotopic (exact) mass is 302 g/mol. The van der Waals surface area contributed by atoms with Crippen LogP contribution in [0.2, 0.25) is 0 Å². The normalized spacial score (nSPS) is 21.1. The molecule has 0 aromatic carbocycles. The van der Waals surface area contributed by atoms with Crippen molar-refractivity contribution in [2.75, 3.05) is 18.4 Å². The van der Waals surface area contributed by atoms with Gasteiger partial charge in [0.05, 0.1) is 0 Å². The Morgan fingerprint density at radius 1 is 1.32 bits per heavy atom. The van der Waals surface area contributed by atoms with Crippen LogP contribution in [-0.2, 0) is 0 Å². The summed E-state index contributed by atoms with van der Waals surface area (Å²) in [6.45, 7) is 8.55. The van der Waals surface area contributed by atoms with Gasteiger partial charge in [-0.3, -0.25) is 0 Å². The highest BCUT2D eigenvalue weighted by molar-refractivity contribution is 5.44. The van der Waals surface area contributed by atoms with Gasteiger partial charge in [-0.05, 0) is 25.2 Å². The van der Waals surface area contributed by atoms with Gasteiger partial charge in [-0.15, -0.1) is 0 Å². The maximum atomic E-state index is 4.35. The van der Waals surface area contributed by atoms with E-state index in [2.05, 4.69) is 39.5 Å². The van der Waals surface area contributed by atoms with Crippen molar-refractivity contribution in [1.82, 2.24) is 24.9 Å². The SMILES string of the molecule is Cc1cc(NCCNC2CCCCC2(C)C)n2ncnc2n1. The fourth-order valence-corrected chi connectivity index (χ4v) is 3.37. The minimum Gasteiger partial charge on any atom is -0.369 e. The van der Waals surface area contributed by atoms with Crippen LogP contribution in [0.1, 0.15) is 45.2 Å². The van der Waals surface area contributed by atoms with Crippen LogP contribution in [0.5, 0.6) is 0 Å². The second-order valence-corrected chi connectivity index (χ2v) is 6.92. The Kier molecular flexibility index (Phi) is 4.29. The number of aryl methyl sites for hydroxylation is 1. The summed E-state index contributed by atoms with van der Waals surface area (Å²) in [7, 11) is 0. The summed E-state index contributed by atoms with van der Waals surface area (Å²) in [6.07, 6.45) is 6.85. The van der Waals surface area contributed by atoms with E-state index in [1.54, 1.807) is 4.52 Å². The van der Waals surface area contributed by atoms with Crippen molar-refractivity contribution in [2.45, 2.75) is 52.5 Å². The first-order chi connectivity index (χ1) is 10.6. The largest absolute Gasteiger partial charge is 0.369 e. The number of hydrogen-bond donors (Lipinski definition) is 2. The van der Waals surface area contributed by atoms with E-state index in [1.807, 2.05) is 13.0 Å². The maximum absolute atomic E-state index is 4.35. The topological polar surface area (TPSA) is 67.1 Å². The molecule has 1 atom stereocenters. The molecule has 1 aliphatic rings. The summed E-state index contributed by atoms with van der Waals surface area (Å²) >= 11 is 0. The predicted molar refractivity (Wildman–Crippen MR) is 88.0 cm³/mol. The Labute approximate surface area is 131 Å². The molecule has 6 heteroatoms. The third-order valence-corrected chi connectivity index (χ3v) is 4.71. The highest BCUT2D eigenvalue weighted by atomic mass is 15.3. The molecule has 0 bridgehead atoms. The molecule has 1 unspecified atom stereocenters. The molecular formula is C16H26N6. The number of aromatic nitrogens is 4. The molecule has 2 heterocycles. The zero-order valence-electron chi connectivity index (χ0n) is 13.8. The zero-order chi connectivity index (χ0) is 15.6. The smallest absolute Gasteiger partial charge is 0.254 e. The van der Waals surface area contributed by atoms with Crippen molar-refractivity contribution in [3.8, 4) is 0 Å². The molecule has 2 aromatic heterocycles. The second-order valence-electron chi connectivity index (χ2n) is 6.92. The lowest BCUT2D eigenvalue weighted by Gasteiger charge is -2.39. The lowest BCUT2D eigenvalue weighted by Crippen LogP contribution is -2.45. The van der Waals surface area contributed by atoms with Crippen molar-refractivity contribution in [1.29, 1.82) is 0 Å². The van der Waals surface area contributed by atoms with Crippen LogP contribution in [0.3, 0.4) is 0 Å². The van der Waals surface area contributed by atoms with Gasteiger partial charge in [-0.25, -0.2) is 4.98 Å². The van der Waals surface area contributed by atoms with Gasteiger partial charge in [0.2, 0.25) is 0 Å². The average Bonchev–Trinajstić information content (AvgIpc) is 2.92. The lowest BCUT2D eigenvalue weighted by molar-refractivity contribution is 0.170. The summed E-state index contributed by atoms with van der Waals surface area (Å²) in [4.78, 5) is 8.50. The first-order valence-electron chi connectivity index (χ1n) is 8.21. The predicted octanol–water partition coefficient (Wildman–Crippen LogP) is 2.40. The summed E-state index contributed by atoms with van der Waals surface area (Å²) in [5.41, 5.74) is 1.36. The minimum absolute atomic E-state index is 0.407. The molecule has 1 aliphatic carbocycles. The molecule has 0 radical (unpaired) electrons. The molecule has 2 aromatic rings. The molecule has 0 aliphatic heterocycles. The van der Waals surface area contributed by atoms with Gasteiger partial charge in [-0.2, -0.15) is 14.6 Å². The third-order valence-electron chi connectivity index (χ3n) is 4.71. The van der Waals surface area contributed by atoms with Crippen LogP contribution < -0.4 is 10.6 Å². The Hall–Kier alpha value is -1.69. The Bertz CT molecular complexity index is 633. The molecule has 1 fully saturated rings. The van der Waals surface area contributed by atoms with E-state index < -0.39 is 0 Å². The molecule has 120 valence electrons. The number of nitrogens with zero attached hydrogens (tertiary/aromatic N) is 4. The summed E-state index contributed by atoms with van der Waals surface area (Å²) in [5.74, 6) is 1.59. The number of rotatable bonds is 5. The van der Waals surface area contributed by atoms with Crippen LogP contribution >= 0.6 is 0 Å². The van der Waals surface area contributed by atoms with Gasteiger partial charge in [0.15, 0.2) is 0 Å². The van der Waals surface area contributed by atoms with E-state index >= 15 is 0 Å². The van der Waals surface area contributed by atoms with Crippen molar-refractivity contribution < 1.29 is 0 Å². The van der Waals surface area contributed by atoms with Gasteiger partial charge in [-0.1, -0.05) is 26.7 Å². The van der Waals surface area contributed by atoms with Crippen LogP contribution in [0.15, 0.2) is 12.4 Å². The number of hydrogen-bond acceptors (Lipinski definition) is 5. The van der Waals surface area contributed by atoms with E-state index in [1.165, 1.54) is 32.0 Å². The molecule has 2 N–H and O–H groups in total. The van der Waals surface area contributed by atoms with E-state index in [0.29, 0.717) is 17.2 Å². The third kappa shape index (κ3) is 3.21. The van der Waals surface area contributed by atoms with Crippen molar-refractivity contribution in [3.63, 3.8) is 0 Å². The molecule has 0 saturated heterocycles. The molecule has 0 spiro atoms. The van der Waals surface area contributed by atoms with Crippen LogP contribution in [-0.4, -0.2) is 38.7 Å². The van der Waals surface area contributed by atoms with Crippen LogP contribution in [0.4, 0.5) is 5.82 Å². The quantitative estimate of drug-likeness (QED) is 0.830. The van der Waals surface area contributed by atoms with Crippen LogP contribution in [0, 0.1) is 12.3 Å². The average molecular weight is 302 g/mol. The van der Waals surface area contributed by atoms with Gasteiger partial charge < -0.3 is 10.6 Å². The summed E-state index contributed by atoms with van der Waals surface area (Å²) in [6, 6.07) is 2.63. The Balaban J connectivity index is 1.55. The van der Waals surface area contributed by atoms with E-state index in [4.69, 9.17) is 0 Å². The standard InChI is InChI=1S/C16H26N6/c1-12-10-14(22-15(21-12)19-11-20-22)18-9-8-17-13-6-4-5-7-16(13,2)3/h10-11,13,17-18H,4-9H2,1-3H3. The highest BCUT2D eigenvalue weighted by Gasteiger charge is 2.31. The van der Waals surface area contributed by atoms with Gasteiger partial charge in [0, 0.05) is 30.9 Å². The van der Waals surface area contributed by atoms with E-state index in [-0.39, 0.29) is 0 Å². The van der Waals surface area contributed by atoms with Gasteiger partial charge in [0.25, 0.3) is 5.78 Å². The minimum atomic E-state index is 0.407. The lowest BCUT2D eigenvalue weighted by atomic mass is 9.73. The molecule has 3 rings (SSSR count). The molecular weight excluding hydrogens is 276 g/mol. The first-order valence-corrected chi connectivity index (χ1v) is 8.21. The fraction of sp³-hybridized carbons (Fsp3) is 0.688. The maximum Gasteiger partial charge on any atom is 0.254 e. The van der Waals surface area contributed by atoms with Crippen molar-refractivity contribution in [2.24, 2.45) is 5.41 Å². The van der Waals surface area contributed by atoms with Crippen molar-refractivity contribution >= 4 is 11.6 Å². The first kappa shape index (κ1) is 15.2. The van der Waals surface area contributed by atoms with Gasteiger partial charge >= 0.3 is 0 Å². The molecule has 6 nitrogen and oxygen atoms in total. The second kappa shape index (κ2) is 6.20. The van der Waals surface area contributed by atoms with Crippen LogP contribution in [0.25, 0.3) is 5.78 Å². The zero-order valence-corrected chi connectivity index (χ0v) is 13.8. The van der Waals surface area contributed by atoms with Crippen molar-refractivity contribution in [3.05, 3.63) is 18.1 Å². The number of anilines is 1. The Morgan fingerprint density at radius 3 is 3.00 bits per heavy atom.